The lowest BCUT2D eigenvalue weighted by molar-refractivity contribution is -0.137. The molecule has 2 aliphatic rings. The van der Waals surface area contributed by atoms with Crippen LogP contribution in [0.5, 0.6) is 0 Å². The van der Waals surface area contributed by atoms with Gasteiger partial charge in [0.25, 0.3) is 0 Å². The number of para-hydroxylation sites is 1. The Morgan fingerprint density at radius 3 is 2.24 bits per heavy atom. The monoisotopic (exact) mass is 514 g/mol. The van der Waals surface area contributed by atoms with Crippen LogP contribution in [0.25, 0.3) is 0 Å². The van der Waals surface area contributed by atoms with Crippen LogP contribution in [0.3, 0.4) is 0 Å². The summed E-state index contributed by atoms with van der Waals surface area (Å²) in [5.41, 5.74) is 4.76. The Bertz CT molecular complexity index is 1290. The first-order valence-corrected chi connectivity index (χ1v) is 13.4. The second-order valence-corrected chi connectivity index (χ2v) is 10.4. The minimum Gasteiger partial charge on any atom is -0.366 e. The normalized spacial score (nSPS) is 19.8. The Hall–Kier alpha value is -3.87. The highest BCUT2D eigenvalue weighted by Crippen LogP contribution is 2.32. The number of nitrogens with one attached hydrogen (secondary N) is 1. The third kappa shape index (κ3) is 5.67. The lowest BCUT2D eigenvalue weighted by Gasteiger charge is -2.41. The van der Waals surface area contributed by atoms with Crippen LogP contribution in [0.2, 0.25) is 0 Å². The van der Waals surface area contributed by atoms with Gasteiger partial charge in [0.2, 0.25) is 5.91 Å². The van der Waals surface area contributed by atoms with E-state index in [1.54, 1.807) is 17.0 Å². The Labute approximate surface area is 224 Å². The Kier molecular flexibility index (Phi) is 7.63. The first-order valence-electron chi connectivity index (χ1n) is 13.4. The van der Waals surface area contributed by atoms with Crippen molar-refractivity contribution >= 4 is 23.3 Å². The molecule has 3 amide bonds. The van der Waals surface area contributed by atoms with Crippen molar-refractivity contribution in [2.75, 3.05) is 49.5 Å². The molecule has 0 bridgehead atoms. The van der Waals surface area contributed by atoms with Gasteiger partial charge in [-0.2, -0.15) is 0 Å². The second kappa shape index (κ2) is 11.3. The van der Waals surface area contributed by atoms with E-state index < -0.39 is 0 Å². The van der Waals surface area contributed by atoms with Crippen molar-refractivity contribution in [3.8, 4) is 0 Å². The molecule has 3 aromatic rings. The maximum absolute atomic E-state index is 14.3. The first-order chi connectivity index (χ1) is 18.4. The zero-order valence-corrected chi connectivity index (χ0v) is 22.1. The van der Waals surface area contributed by atoms with Gasteiger partial charge < -0.3 is 20.0 Å². The largest absolute Gasteiger partial charge is 0.366 e. The summed E-state index contributed by atoms with van der Waals surface area (Å²) < 4.78 is 14.3. The third-order valence-electron chi connectivity index (χ3n) is 7.90. The van der Waals surface area contributed by atoms with Gasteiger partial charge in [-0.1, -0.05) is 48.5 Å². The summed E-state index contributed by atoms with van der Waals surface area (Å²) in [5, 5.41) is 3.04. The van der Waals surface area contributed by atoms with E-state index in [1.165, 1.54) is 11.6 Å². The molecular weight excluding hydrogens is 479 g/mol. The summed E-state index contributed by atoms with van der Waals surface area (Å²) >= 11 is 0. The molecule has 0 spiro atoms. The molecule has 1 N–H and O–H groups in total. The van der Waals surface area contributed by atoms with Crippen LogP contribution in [-0.4, -0.2) is 61.0 Å². The Balaban J connectivity index is 1.29. The molecule has 2 aliphatic heterocycles. The molecule has 2 atom stereocenters. The van der Waals surface area contributed by atoms with Gasteiger partial charge in [0.15, 0.2) is 0 Å². The molecule has 38 heavy (non-hydrogen) atoms. The molecule has 2 fully saturated rings. The standard InChI is InChI=1S/C31H35FN4O2/c1-22-12-13-27(18-23(22)2)33-31(38)36-20-25(24-8-4-3-5-9-24)19-26(21-36)30(37)35-16-14-34(15-17-35)29-11-7-6-10-28(29)32/h3-13,18,25-26H,14-17,19-21H2,1-2H3,(H,33,38)/t25-,26+/m1/s1. The summed E-state index contributed by atoms with van der Waals surface area (Å²) in [7, 11) is 0. The molecule has 198 valence electrons. The molecule has 3 aromatic carbocycles. The lowest BCUT2D eigenvalue weighted by atomic mass is 9.84. The fourth-order valence-corrected chi connectivity index (χ4v) is 5.57. The van der Waals surface area contributed by atoms with Crippen molar-refractivity contribution in [2.45, 2.75) is 26.2 Å². The quantitative estimate of drug-likeness (QED) is 0.505. The number of piperidine rings is 1. The molecule has 6 nitrogen and oxygen atoms in total. The van der Waals surface area contributed by atoms with Crippen LogP contribution in [0.1, 0.15) is 29.0 Å². The van der Waals surface area contributed by atoms with Crippen LogP contribution in [0.15, 0.2) is 72.8 Å². The number of anilines is 2. The number of nitrogens with zero attached hydrogens (tertiary/aromatic N) is 3. The van der Waals surface area contributed by atoms with Gasteiger partial charge in [0.05, 0.1) is 11.6 Å². The van der Waals surface area contributed by atoms with E-state index in [-0.39, 0.29) is 29.6 Å². The molecule has 0 radical (unpaired) electrons. The van der Waals surface area contributed by atoms with Gasteiger partial charge >= 0.3 is 6.03 Å². The third-order valence-corrected chi connectivity index (χ3v) is 7.90. The molecule has 0 aliphatic carbocycles. The van der Waals surface area contributed by atoms with E-state index in [2.05, 4.69) is 17.4 Å². The van der Waals surface area contributed by atoms with Gasteiger partial charge in [-0.05, 0) is 61.2 Å². The summed E-state index contributed by atoms with van der Waals surface area (Å²) in [6.07, 6.45) is 0.698. The molecule has 7 heteroatoms. The number of piperazine rings is 1. The number of urea groups is 1. The summed E-state index contributed by atoms with van der Waals surface area (Å²) in [6.45, 7) is 7.25. The van der Waals surface area contributed by atoms with E-state index in [1.807, 2.05) is 66.1 Å². The van der Waals surface area contributed by atoms with Gasteiger partial charge in [-0.3, -0.25) is 4.79 Å². The zero-order valence-electron chi connectivity index (χ0n) is 22.1. The highest BCUT2D eigenvalue weighted by atomic mass is 19.1. The Morgan fingerprint density at radius 1 is 0.816 bits per heavy atom. The predicted octanol–water partition coefficient (Wildman–Crippen LogP) is 5.43. The minimum absolute atomic E-state index is 0.0720. The average Bonchev–Trinajstić information content (AvgIpc) is 2.95. The van der Waals surface area contributed by atoms with Crippen molar-refractivity contribution in [1.82, 2.24) is 9.80 Å². The molecule has 0 unspecified atom stereocenters. The summed E-state index contributed by atoms with van der Waals surface area (Å²) in [5.74, 6) is -0.387. The summed E-state index contributed by atoms with van der Waals surface area (Å²) in [6, 6.07) is 22.6. The van der Waals surface area contributed by atoms with Crippen molar-refractivity contribution in [3.63, 3.8) is 0 Å². The van der Waals surface area contributed by atoms with E-state index in [4.69, 9.17) is 0 Å². The number of aryl methyl sites for hydroxylation is 2. The molecule has 2 saturated heterocycles. The van der Waals surface area contributed by atoms with E-state index in [9.17, 15) is 14.0 Å². The number of hydrogen-bond acceptors (Lipinski definition) is 3. The van der Waals surface area contributed by atoms with Crippen LogP contribution >= 0.6 is 0 Å². The van der Waals surface area contributed by atoms with Crippen LogP contribution in [0, 0.1) is 25.6 Å². The number of likely N-dealkylation sites (tertiary alicyclic amines) is 1. The molecule has 5 rings (SSSR count). The van der Waals surface area contributed by atoms with E-state index in [0.717, 1.165) is 16.8 Å². The van der Waals surface area contributed by atoms with Crippen molar-refractivity contribution in [3.05, 3.63) is 95.3 Å². The van der Waals surface area contributed by atoms with Crippen LogP contribution in [-0.2, 0) is 4.79 Å². The van der Waals surface area contributed by atoms with Crippen molar-refractivity contribution < 1.29 is 14.0 Å². The van der Waals surface area contributed by atoms with Gasteiger partial charge in [0, 0.05) is 50.9 Å². The van der Waals surface area contributed by atoms with Gasteiger partial charge in [0.1, 0.15) is 5.82 Å². The van der Waals surface area contributed by atoms with Gasteiger partial charge in [-0.15, -0.1) is 0 Å². The number of hydrogen-bond donors (Lipinski definition) is 1. The molecule has 2 heterocycles. The maximum atomic E-state index is 14.3. The van der Waals surface area contributed by atoms with Crippen molar-refractivity contribution in [1.29, 1.82) is 0 Å². The van der Waals surface area contributed by atoms with Gasteiger partial charge in [-0.25, -0.2) is 9.18 Å². The topological polar surface area (TPSA) is 55.9 Å². The first kappa shape index (κ1) is 25.8. The number of carbonyl (C=O) groups is 2. The fraction of sp³-hybridized carbons (Fsp3) is 0.355. The van der Waals surface area contributed by atoms with Crippen molar-refractivity contribution in [2.24, 2.45) is 5.92 Å². The molecule has 0 aromatic heterocycles. The minimum atomic E-state index is -0.292. The number of benzene rings is 3. The maximum Gasteiger partial charge on any atom is 0.321 e. The second-order valence-electron chi connectivity index (χ2n) is 10.4. The highest BCUT2D eigenvalue weighted by Gasteiger charge is 2.37. The number of halogens is 1. The molecular formula is C31H35FN4O2. The fourth-order valence-electron chi connectivity index (χ4n) is 5.57. The number of amides is 3. The lowest BCUT2D eigenvalue weighted by Crippen LogP contribution is -2.54. The Morgan fingerprint density at radius 2 is 1.53 bits per heavy atom. The predicted molar refractivity (Wildman–Crippen MR) is 149 cm³/mol. The average molecular weight is 515 g/mol. The smallest absolute Gasteiger partial charge is 0.321 e. The SMILES string of the molecule is Cc1ccc(NC(=O)N2C[C@@H](C(=O)N3CCN(c4ccccc4F)CC3)C[C@@H](c3ccccc3)C2)cc1C. The van der Waals surface area contributed by atoms with E-state index >= 15 is 0 Å². The molecule has 0 saturated carbocycles. The highest BCUT2D eigenvalue weighted by molar-refractivity contribution is 5.90. The number of rotatable bonds is 4. The van der Waals surface area contributed by atoms with Crippen LogP contribution < -0.4 is 10.2 Å². The van der Waals surface area contributed by atoms with E-state index in [0.29, 0.717) is 51.4 Å². The number of carbonyl (C=O) groups excluding carboxylic acids is 2. The zero-order chi connectivity index (χ0) is 26.6. The summed E-state index contributed by atoms with van der Waals surface area (Å²) in [4.78, 5) is 32.8. The van der Waals surface area contributed by atoms with Crippen LogP contribution in [0.4, 0.5) is 20.6 Å².